The van der Waals surface area contributed by atoms with Crippen molar-refractivity contribution in [2.75, 3.05) is 19.6 Å². The lowest BCUT2D eigenvalue weighted by Crippen LogP contribution is -2.36. The Hall–Kier alpha value is -1.35. The van der Waals surface area contributed by atoms with Crippen molar-refractivity contribution in [1.29, 1.82) is 0 Å². The fourth-order valence-electron chi connectivity index (χ4n) is 2.16. The third-order valence-electron chi connectivity index (χ3n) is 3.02. The molecule has 0 radical (unpaired) electrons. The zero-order valence-electron chi connectivity index (χ0n) is 10.5. The summed E-state index contributed by atoms with van der Waals surface area (Å²) in [6.07, 6.45) is 3.64. The maximum Gasteiger partial charge on any atom is 0.161 e. The van der Waals surface area contributed by atoms with Gasteiger partial charge in [-0.15, -0.1) is 0 Å². The van der Waals surface area contributed by atoms with Gasteiger partial charge in [-0.3, -0.25) is 9.69 Å². The van der Waals surface area contributed by atoms with E-state index >= 15 is 0 Å². The van der Waals surface area contributed by atoms with Crippen molar-refractivity contribution >= 4 is 11.9 Å². The van der Waals surface area contributed by atoms with Gasteiger partial charge in [0.25, 0.3) is 0 Å². The fraction of sp³-hybridized carbons (Fsp3) is 0.500. The summed E-state index contributed by atoms with van der Waals surface area (Å²) in [6.45, 7) is 6.78. The Balaban J connectivity index is 2.12. The zero-order valence-corrected chi connectivity index (χ0v) is 10.5. The van der Waals surface area contributed by atoms with Gasteiger partial charge in [0.15, 0.2) is 5.78 Å². The van der Waals surface area contributed by atoms with Crippen LogP contribution in [0.25, 0.3) is 6.08 Å². The Morgan fingerprint density at radius 2 is 2.29 bits per heavy atom. The number of Topliss-reactive ketones (excluding diaryl/α,β-unsaturated/α-hetero) is 1. The lowest BCUT2D eigenvalue weighted by molar-refractivity contribution is -0.117. The average Bonchev–Trinajstić information content (AvgIpc) is 2.69. The molecule has 1 saturated heterocycles. The number of hydrogen-bond acceptors (Lipinski definition) is 3. The molecule has 1 fully saturated rings. The smallest absolute Gasteiger partial charge is 0.161 e. The van der Waals surface area contributed by atoms with E-state index in [1.54, 1.807) is 0 Å². The van der Waals surface area contributed by atoms with Crippen LogP contribution in [0.4, 0.5) is 0 Å². The molecule has 1 aliphatic heterocycles. The molecule has 0 aliphatic carbocycles. The van der Waals surface area contributed by atoms with Crippen molar-refractivity contribution in [3.05, 3.63) is 29.2 Å². The van der Waals surface area contributed by atoms with Gasteiger partial charge in [0, 0.05) is 25.1 Å². The lowest BCUT2D eigenvalue weighted by Gasteiger charge is -2.27. The Morgan fingerprint density at radius 1 is 1.47 bits per heavy atom. The van der Waals surface area contributed by atoms with Crippen LogP contribution in [-0.4, -0.2) is 30.3 Å². The number of piperidine rings is 1. The first-order chi connectivity index (χ1) is 8.19. The molecule has 3 nitrogen and oxygen atoms in total. The molecule has 1 aliphatic rings. The summed E-state index contributed by atoms with van der Waals surface area (Å²) in [5, 5.41) is 0. The predicted octanol–water partition coefficient (Wildman–Crippen LogP) is 2.66. The second-order valence-electron chi connectivity index (χ2n) is 4.57. The molecule has 0 spiro atoms. The van der Waals surface area contributed by atoms with Crippen molar-refractivity contribution < 1.29 is 9.21 Å². The van der Waals surface area contributed by atoms with Gasteiger partial charge < -0.3 is 4.42 Å². The quantitative estimate of drug-likeness (QED) is 0.752. The molecule has 92 valence electrons. The van der Waals surface area contributed by atoms with Crippen LogP contribution in [0.5, 0.6) is 0 Å². The van der Waals surface area contributed by atoms with Crippen molar-refractivity contribution in [3.8, 4) is 0 Å². The first-order valence-corrected chi connectivity index (χ1v) is 6.21. The maximum atomic E-state index is 11.8. The van der Waals surface area contributed by atoms with Gasteiger partial charge in [-0.25, -0.2) is 0 Å². The summed E-state index contributed by atoms with van der Waals surface area (Å²) >= 11 is 0. The normalized spacial score (nSPS) is 20.1. The van der Waals surface area contributed by atoms with E-state index in [1.165, 1.54) is 0 Å². The van der Waals surface area contributed by atoms with Crippen LogP contribution >= 0.6 is 0 Å². The van der Waals surface area contributed by atoms with Gasteiger partial charge in [-0.1, -0.05) is 6.92 Å². The fourth-order valence-corrected chi connectivity index (χ4v) is 2.16. The molecule has 0 bridgehead atoms. The molecule has 2 heterocycles. The number of furan rings is 1. The minimum Gasteiger partial charge on any atom is -0.462 e. The van der Waals surface area contributed by atoms with Crippen molar-refractivity contribution in [3.63, 3.8) is 0 Å². The molecule has 1 aromatic rings. The summed E-state index contributed by atoms with van der Waals surface area (Å²) in [5.74, 6) is 1.92. The Morgan fingerprint density at radius 3 is 2.94 bits per heavy atom. The minimum atomic E-state index is 0.256. The highest BCUT2D eigenvalue weighted by Crippen LogP contribution is 2.17. The molecule has 0 N–H and O–H groups in total. The van der Waals surface area contributed by atoms with Gasteiger partial charge in [-0.05, 0) is 38.1 Å². The molecule has 2 rings (SSSR count). The summed E-state index contributed by atoms with van der Waals surface area (Å²) < 4.78 is 5.48. The van der Waals surface area contributed by atoms with Crippen LogP contribution < -0.4 is 0 Å². The zero-order chi connectivity index (χ0) is 12.3. The van der Waals surface area contributed by atoms with E-state index in [4.69, 9.17) is 4.42 Å². The van der Waals surface area contributed by atoms with E-state index in [0.29, 0.717) is 6.42 Å². The second-order valence-corrected chi connectivity index (χ2v) is 4.57. The van der Waals surface area contributed by atoms with Crippen LogP contribution in [-0.2, 0) is 4.79 Å². The second kappa shape index (κ2) is 5.32. The predicted molar refractivity (Wildman–Crippen MR) is 67.8 cm³/mol. The molecule has 3 heteroatoms. The molecule has 0 amide bonds. The molecule has 0 unspecified atom stereocenters. The van der Waals surface area contributed by atoms with Gasteiger partial charge in [0.2, 0.25) is 0 Å². The van der Waals surface area contributed by atoms with Crippen LogP contribution in [0.2, 0.25) is 0 Å². The summed E-state index contributed by atoms with van der Waals surface area (Å²) in [5.41, 5.74) is 0.874. The molecule has 17 heavy (non-hydrogen) atoms. The number of nitrogens with zero attached hydrogens (tertiary/aromatic N) is 1. The highest BCUT2D eigenvalue weighted by Gasteiger charge is 2.20. The number of likely N-dealkylation sites (tertiary alicyclic amines) is 1. The molecule has 0 saturated carbocycles. The van der Waals surface area contributed by atoms with E-state index < -0.39 is 0 Å². The first-order valence-electron chi connectivity index (χ1n) is 6.21. The van der Waals surface area contributed by atoms with E-state index in [-0.39, 0.29) is 5.78 Å². The third kappa shape index (κ3) is 3.07. The monoisotopic (exact) mass is 233 g/mol. The highest BCUT2D eigenvalue weighted by atomic mass is 16.3. The Kier molecular flexibility index (Phi) is 3.79. The number of aryl methyl sites for hydroxylation is 1. The Labute approximate surface area is 102 Å². The van der Waals surface area contributed by atoms with Gasteiger partial charge >= 0.3 is 0 Å². The number of ketones is 1. The minimum absolute atomic E-state index is 0.256. The van der Waals surface area contributed by atoms with E-state index in [9.17, 15) is 4.79 Å². The van der Waals surface area contributed by atoms with Crippen LogP contribution in [0.3, 0.4) is 0 Å². The number of carbonyl (C=O) groups is 1. The summed E-state index contributed by atoms with van der Waals surface area (Å²) in [6, 6.07) is 3.83. The van der Waals surface area contributed by atoms with E-state index in [2.05, 4.69) is 11.8 Å². The number of carbonyl (C=O) groups excluding carboxylic acids is 1. The maximum absolute atomic E-state index is 11.8. The molecule has 1 aromatic heterocycles. The van der Waals surface area contributed by atoms with Crippen LogP contribution in [0.15, 0.2) is 22.1 Å². The molecule has 0 atom stereocenters. The third-order valence-corrected chi connectivity index (χ3v) is 3.02. The summed E-state index contributed by atoms with van der Waals surface area (Å²) in [4.78, 5) is 14.1. The topological polar surface area (TPSA) is 33.5 Å². The average molecular weight is 233 g/mol. The molecular weight excluding hydrogens is 214 g/mol. The van der Waals surface area contributed by atoms with Gasteiger partial charge in [0.1, 0.15) is 11.5 Å². The molecular formula is C14H19NO2. The van der Waals surface area contributed by atoms with Gasteiger partial charge in [-0.2, -0.15) is 0 Å². The summed E-state index contributed by atoms with van der Waals surface area (Å²) in [7, 11) is 0. The van der Waals surface area contributed by atoms with Crippen molar-refractivity contribution in [2.24, 2.45) is 0 Å². The largest absolute Gasteiger partial charge is 0.462 e. The van der Waals surface area contributed by atoms with Crippen molar-refractivity contribution in [2.45, 2.75) is 26.7 Å². The standard InChI is InChI=1S/C14H19NO2/c1-3-7-15-8-6-14(16)12(10-15)9-13-5-4-11(2)17-13/h4-5,9H,3,6-8,10H2,1-2H3/b12-9+. The van der Waals surface area contributed by atoms with Crippen LogP contribution in [0.1, 0.15) is 31.3 Å². The Bertz CT molecular complexity index is 431. The number of rotatable bonds is 3. The van der Waals surface area contributed by atoms with Crippen LogP contribution in [0, 0.1) is 6.92 Å². The first kappa shape index (κ1) is 12.1. The van der Waals surface area contributed by atoms with E-state index in [1.807, 2.05) is 25.1 Å². The SMILES string of the molecule is CCCN1CCC(=O)/C(=C/c2ccc(C)o2)C1. The van der Waals surface area contributed by atoms with Gasteiger partial charge in [0.05, 0.1) is 0 Å². The van der Waals surface area contributed by atoms with Crippen molar-refractivity contribution in [1.82, 2.24) is 4.90 Å². The number of hydrogen-bond donors (Lipinski definition) is 0. The highest BCUT2D eigenvalue weighted by molar-refractivity contribution is 6.00. The van der Waals surface area contributed by atoms with E-state index in [0.717, 1.165) is 43.1 Å². The lowest BCUT2D eigenvalue weighted by atomic mass is 10.0. The molecule has 0 aromatic carbocycles.